The molecule has 1 amide bonds. The number of hydrogen-bond donors (Lipinski definition) is 3. The summed E-state index contributed by atoms with van der Waals surface area (Å²) in [6, 6.07) is 14.8. The van der Waals surface area contributed by atoms with Gasteiger partial charge in [-0.05, 0) is 35.2 Å². The molecule has 0 unspecified atom stereocenters. The molecular weight excluding hydrogens is 396 g/mol. The van der Waals surface area contributed by atoms with Gasteiger partial charge in [0.1, 0.15) is 6.04 Å². The highest BCUT2D eigenvalue weighted by molar-refractivity contribution is 5.81. The lowest BCUT2D eigenvalue weighted by molar-refractivity contribution is -0.127. The van der Waals surface area contributed by atoms with Crippen molar-refractivity contribution < 1.29 is 14.3 Å². The van der Waals surface area contributed by atoms with Crippen LogP contribution < -0.4 is 16.4 Å². The predicted molar refractivity (Wildman–Crippen MR) is 115 cm³/mol. The van der Waals surface area contributed by atoms with Gasteiger partial charge in [0, 0.05) is 26.6 Å². The zero-order chi connectivity index (χ0) is 22.0. The first-order valence-electron chi connectivity index (χ1n) is 10.2. The first-order valence-corrected chi connectivity index (χ1v) is 10.2. The second-order valence-corrected chi connectivity index (χ2v) is 7.95. The molecule has 1 saturated heterocycles. The fourth-order valence-electron chi connectivity index (χ4n) is 3.91. The Balaban J connectivity index is 1.44. The van der Waals surface area contributed by atoms with Crippen molar-refractivity contribution in [1.82, 2.24) is 15.2 Å². The summed E-state index contributed by atoms with van der Waals surface area (Å²) in [7, 11) is 1.67. The summed E-state index contributed by atoms with van der Waals surface area (Å²) in [6.07, 6.45) is 0.250. The van der Waals surface area contributed by atoms with Gasteiger partial charge in [-0.15, -0.1) is 0 Å². The Hall–Kier alpha value is -3.41. The molecule has 3 N–H and O–H groups in total. The van der Waals surface area contributed by atoms with Crippen LogP contribution in [0.1, 0.15) is 12.0 Å². The molecular formula is C23H24N4O4. The van der Waals surface area contributed by atoms with Crippen LogP contribution in [0.25, 0.3) is 22.2 Å². The number of aromatic nitrogens is 1. The summed E-state index contributed by atoms with van der Waals surface area (Å²) in [5, 5.41) is 25.0. The largest absolute Gasteiger partial charge is 0.419 e. The van der Waals surface area contributed by atoms with Gasteiger partial charge >= 0.3 is 5.76 Å². The molecule has 0 radical (unpaired) electrons. The van der Waals surface area contributed by atoms with Crippen LogP contribution in [0.2, 0.25) is 0 Å². The van der Waals surface area contributed by atoms with Gasteiger partial charge in [-0.1, -0.05) is 30.3 Å². The smallest absolute Gasteiger partial charge is 0.408 e. The predicted octanol–water partition coefficient (Wildman–Crippen LogP) is 1.32. The van der Waals surface area contributed by atoms with Crippen molar-refractivity contribution in [3.8, 4) is 17.2 Å². The van der Waals surface area contributed by atoms with Gasteiger partial charge in [0.15, 0.2) is 5.58 Å². The van der Waals surface area contributed by atoms with E-state index in [1.54, 1.807) is 13.1 Å². The van der Waals surface area contributed by atoms with E-state index in [4.69, 9.17) is 4.42 Å². The van der Waals surface area contributed by atoms with Crippen LogP contribution in [-0.2, 0) is 18.3 Å². The highest BCUT2D eigenvalue weighted by Crippen LogP contribution is 2.24. The molecule has 0 bridgehead atoms. The van der Waals surface area contributed by atoms with E-state index in [1.807, 2.05) is 36.4 Å². The molecule has 3 atom stereocenters. The van der Waals surface area contributed by atoms with Crippen LogP contribution in [0.4, 0.5) is 0 Å². The van der Waals surface area contributed by atoms with Crippen LogP contribution in [-0.4, -0.2) is 40.8 Å². The molecule has 2 aromatic carbocycles. The van der Waals surface area contributed by atoms with Gasteiger partial charge in [0.2, 0.25) is 5.91 Å². The van der Waals surface area contributed by atoms with Crippen LogP contribution in [0.15, 0.2) is 51.7 Å². The second-order valence-electron chi connectivity index (χ2n) is 7.95. The summed E-state index contributed by atoms with van der Waals surface area (Å²) in [4.78, 5) is 24.1. The van der Waals surface area contributed by atoms with Crippen LogP contribution >= 0.6 is 0 Å². The van der Waals surface area contributed by atoms with E-state index in [9.17, 15) is 20.0 Å². The number of nitriles is 1. The van der Waals surface area contributed by atoms with Crippen molar-refractivity contribution in [2.24, 2.45) is 13.0 Å². The molecule has 160 valence electrons. The zero-order valence-electron chi connectivity index (χ0n) is 17.2. The third-order valence-electron chi connectivity index (χ3n) is 5.69. The van der Waals surface area contributed by atoms with Crippen LogP contribution in [0, 0.1) is 17.2 Å². The fourth-order valence-corrected chi connectivity index (χ4v) is 3.91. The maximum absolute atomic E-state index is 12.4. The third kappa shape index (κ3) is 4.53. The average Bonchev–Trinajstić information content (AvgIpc) is 3.06. The summed E-state index contributed by atoms with van der Waals surface area (Å²) in [5.74, 6) is -0.949. The number of aliphatic hydroxyl groups is 1. The van der Waals surface area contributed by atoms with Gasteiger partial charge < -0.3 is 20.2 Å². The first kappa shape index (κ1) is 20.8. The number of hydrogen-bond acceptors (Lipinski definition) is 6. The summed E-state index contributed by atoms with van der Waals surface area (Å²) in [6.45, 7) is 0.990. The van der Waals surface area contributed by atoms with Gasteiger partial charge in [0.25, 0.3) is 0 Å². The topological polar surface area (TPSA) is 120 Å². The number of carbonyl (C=O) groups is 1. The van der Waals surface area contributed by atoms with Crippen molar-refractivity contribution in [2.45, 2.75) is 25.0 Å². The lowest BCUT2D eigenvalue weighted by atomic mass is 9.96. The SMILES string of the molecule is Cn1c(=O)oc2ccc(-c3ccc(C[C@@H](C#N)NC(=O)[C@@H]4CNC[C@H](O)C4)cc3)cc21. The van der Waals surface area contributed by atoms with Gasteiger partial charge in [-0.25, -0.2) is 4.79 Å². The number of nitrogens with zero attached hydrogens (tertiary/aromatic N) is 2. The van der Waals surface area contributed by atoms with Crippen molar-refractivity contribution in [3.05, 3.63) is 58.6 Å². The molecule has 4 rings (SSSR count). The average molecular weight is 420 g/mol. The van der Waals surface area contributed by atoms with E-state index >= 15 is 0 Å². The van der Waals surface area contributed by atoms with Crippen LogP contribution in [0.5, 0.6) is 0 Å². The first-order chi connectivity index (χ1) is 14.9. The standard InChI is InChI=1S/C23H24N4O4/c1-27-20-10-16(6-7-21(20)31-23(27)30)15-4-2-14(3-5-15)8-18(11-24)26-22(29)17-9-19(28)13-25-12-17/h2-7,10,17-19,25,28H,8-9,12-13H2,1H3,(H,26,29)/t17-,18-,19+/m0/s1. The van der Waals surface area contributed by atoms with Crippen molar-refractivity contribution >= 4 is 17.0 Å². The van der Waals surface area contributed by atoms with E-state index in [-0.39, 0.29) is 11.8 Å². The molecule has 8 nitrogen and oxygen atoms in total. The quantitative estimate of drug-likeness (QED) is 0.573. The van der Waals surface area contributed by atoms with E-state index in [0.29, 0.717) is 31.5 Å². The second kappa shape index (κ2) is 8.76. The molecule has 0 aliphatic carbocycles. The lowest BCUT2D eigenvalue weighted by Gasteiger charge is -2.26. The minimum absolute atomic E-state index is 0.214. The molecule has 1 aliphatic rings. The number of carbonyl (C=O) groups excluding carboxylic acids is 1. The molecule has 8 heteroatoms. The number of β-amino-alcohol motifs (C(OH)–C–C–N with tert-alkyl or cyclic N) is 1. The Labute approximate surface area is 179 Å². The maximum atomic E-state index is 12.4. The van der Waals surface area contributed by atoms with Gasteiger partial charge in [-0.2, -0.15) is 5.26 Å². The number of aliphatic hydroxyl groups excluding tert-OH is 1. The lowest BCUT2D eigenvalue weighted by Crippen LogP contribution is -2.48. The Morgan fingerprint density at radius 2 is 2.03 bits per heavy atom. The van der Waals surface area contributed by atoms with Crippen molar-refractivity contribution in [3.63, 3.8) is 0 Å². The van der Waals surface area contributed by atoms with Gasteiger partial charge in [0.05, 0.1) is 23.6 Å². The monoisotopic (exact) mass is 420 g/mol. The maximum Gasteiger partial charge on any atom is 0.419 e. The van der Waals surface area contributed by atoms with Crippen LogP contribution in [0.3, 0.4) is 0 Å². The number of piperidine rings is 1. The Kier molecular flexibility index (Phi) is 5.89. The van der Waals surface area contributed by atoms with E-state index < -0.39 is 17.9 Å². The molecule has 1 fully saturated rings. The summed E-state index contributed by atoms with van der Waals surface area (Å²) < 4.78 is 6.64. The number of fused-ring (bicyclic) bond motifs is 1. The van der Waals surface area contributed by atoms with E-state index in [0.717, 1.165) is 22.2 Å². The molecule has 31 heavy (non-hydrogen) atoms. The number of benzene rings is 2. The number of aryl methyl sites for hydroxylation is 1. The minimum atomic E-state index is -0.644. The zero-order valence-corrected chi connectivity index (χ0v) is 17.2. The Morgan fingerprint density at radius 3 is 2.74 bits per heavy atom. The molecule has 0 saturated carbocycles. The van der Waals surface area contributed by atoms with Crippen molar-refractivity contribution in [2.75, 3.05) is 13.1 Å². The van der Waals surface area contributed by atoms with E-state index in [2.05, 4.69) is 16.7 Å². The minimum Gasteiger partial charge on any atom is -0.408 e. The van der Waals surface area contributed by atoms with E-state index in [1.165, 1.54) is 4.57 Å². The number of rotatable bonds is 5. The molecule has 3 aromatic rings. The summed E-state index contributed by atoms with van der Waals surface area (Å²) in [5.41, 5.74) is 4.11. The Bertz CT molecular complexity index is 1190. The number of nitrogens with one attached hydrogen (secondary N) is 2. The molecule has 0 spiro atoms. The normalized spacial score (nSPS) is 19.6. The van der Waals surface area contributed by atoms with Crippen molar-refractivity contribution in [1.29, 1.82) is 5.26 Å². The molecule has 1 aliphatic heterocycles. The third-order valence-corrected chi connectivity index (χ3v) is 5.69. The molecule has 1 aromatic heterocycles. The number of amides is 1. The highest BCUT2D eigenvalue weighted by Gasteiger charge is 2.27. The summed E-state index contributed by atoms with van der Waals surface area (Å²) >= 11 is 0. The molecule has 2 heterocycles. The van der Waals surface area contributed by atoms with Gasteiger partial charge in [-0.3, -0.25) is 9.36 Å². The fraction of sp³-hybridized carbons (Fsp3) is 0.348. The Morgan fingerprint density at radius 1 is 1.29 bits per heavy atom. The highest BCUT2D eigenvalue weighted by atomic mass is 16.4. The number of oxazole rings is 1.